The van der Waals surface area contributed by atoms with Gasteiger partial charge < -0.3 is 4.42 Å². The number of benzene rings is 4. The van der Waals surface area contributed by atoms with E-state index in [1.165, 1.54) is 3.97 Å². The van der Waals surface area contributed by atoms with E-state index in [1.807, 2.05) is 67.6 Å². The number of aromatic nitrogens is 1. The SMILES string of the molecule is Cc1ccc(S(=O)(=O)n2c3cccc(Br)c3c3ccc4oc5cccc(Br)c5c4c32)cc1. The second-order valence-corrected chi connectivity index (χ2v) is 11.3. The molecule has 0 saturated carbocycles. The highest BCUT2D eigenvalue weighted by Gasteiger charge is 2.27. The van der Waals surface area contributed by atoms with Crippen molar-refractivity contribution in [3.05, 3.63) is 87.3 Å². The van der Waals surface area contributed by atoms with Crippen LogP contribution in [0.3, 0.4) is 0 Å². The minimum Gasteiger partial charge on any atom is -0.456 e. The number of furan rings is 1. The van der Waals surface area contributed by atoms with Crippen LogP contribution in [-0.4, -0.2) is 12.4 Å². The predicted molar refractivity (Wildman–Crippen MR) is 136 cm³/mol. The van der Waals surface area contributed by atoms with Gasteiger partial charge in [-0.3, -0.25) is 0 Å². The second kappa shape index (κ2) is 6.94. The van der Waals surface area contributed by atoms with Crippen molar-refractivity contribution in [3.8, 4) is 0 Å². The Balaban J connectivity index is 1.91. The number of fused-ring (bicyclic) bond motifs is 7. The van der Waals surface area contributed by atoms with Crippen LogP contribution in [0.15, 0.2) is 91.1 Å². The molecule has 0 saturated heterocycles. The minimum absolute atomic E-state index is 0.241. The molecule has 0 radical (unpaired) electrons. The van der Waals surface area contributed by atoms with Crippen LogP contribution in [0.25, 0.3) is 43.7 Å². The Morgan fingerprint density at radius 3 is 2.16 bits per heavy atom. The largest absolute Gasteiger partial charge is 0.456 e. The van der Waals surface area contributed by atoms with Gasteiger partial charge in [0.25, 0.3) is 10.0 Å². The quantitative estimate of drug-likeness (QED) is 0.214. The molecule has 0 bridgehead atoms. The molecule has 158 valence electrons. The summed E-state index contributed by atoms with van der Waals surface area (Å²) in [4.78, 5) is 0.241. The zero-order chi connectivity index (χ0) is 22.2. The predicted octanol–water partition coefficient (Wildman–Crippen LogP) is 7.76. The summed E-state index contributed by atoms with van der Waals surface area (Å²) in [7, 11) is -3.89. The van der Waals surface area contributed by atoms with Gasteiger partial charge >= 0.3 is 0 Å². The first kappa shape index (κ1) is 20.0. The highest BCUT2D eigenvalue weighted by Crippen LogP contribution is 2.44. The maximum Gasteiger partial charge on any atom is 0.268 e. The molecule has 0 fully saturated rings. The van der Waals surface area contributed by atoms with Gasteiger partial charge in [-0.1, -0.05) is 61.7 Å². The first-order valence-electron chi connectivity index (χ1n) is 9.92. The van der Waals surface area contributed by atoms with Gasteiger partial charge in [0.1, 0.15) is 11.2 Å². The van der Waals surface area contributed by atoms with Crippen molar-refractivity contribution < 1.29 is 12.8 Å². The Morgan fingerprint density at radius 1 is 0.750 bits per heavy atom. The summed E-state index contributed by atoms with van der Waals surface area (Å²) in [6, 6.07) is 22.1. The van der Waals surface area contributed by atoms with Crippen molar-refractivity contribution in [1.82, 2.24) is 3.97 Å². The van der Waals surface area contributed by atoms with E-state index in [4.69, 9.17) is 4.42 Å². The second-order valence-electron chi connectivity index (χ2n) is 7.77. The van der Waals surface area contributed by atoms with Crippen LogP contribution in [0.4, 0.5) is 0 Å². The molecule has 4 aromatic carbocycles. The number of rotatable bonds is 2. The zero-order valence-electron chi connectivity index (χ0n) is 16.8. The first-order valence-corrected chi connectivity index (χ1v) is 12.9. The van der Waals surface area contributed by atoms with Crippen LogP contribution in [0.1, 0.15) is 5.56 Å². The number of aryl methyl sites for hydroxylation is 1. The van der Waals surface area contributed by atoms with E-state index >= 15 is 0 Å². The average molecular weight is 569 g/mol. The van der Waals surface area contributed by atoms with Crippen molar-refractivity contribution >= 4 is 85.6 Å². The van der Waals surface area contributed by atoms with E-state index in [0.717, 1.165) is 36.1 Å². The van der Waals surface area contributed by atoms with E-state index in [0.29, 0.717) is 22.2 Å². The summed E-state index contributed by atoms with van der Waals surface area (Å²) in [5.74, 6) is 0. The fraction of sp³-hybridized carbons (Fsp3) is 0.0400. The summed E-state index contributed by atoms with van der Waals surface area (Å²) in [6.45, 7) is 1.94. The molecule has 0 atom stereocenters. The lowest BCUT2D eigenvalue weighted by molar-refractivity contribution is 0.590. The summed E-state index contributed by atoms with van der Waals surface area (Å²) < 4.78 is 37.3. The van der Waals surface area contributed by atoms with Crippen molar-refractivity contribution in [1.29, 1.82) is 0 Å². The van der Waals surface area contributed by atoms with Crippen LogP contribution >= 0.6 is 31.9 Å². The first-order chi connectivity index (χ1) is 15.4. The van der Waals surface area contributed by atoms with Gasteiger partial charge in [0, 0.05) is 25.1 Å². The number of nitrogens with zero attached hydrogens (tertiary/aromatic N) is 1. The van der Waals surface area contributed by atoms with Gasteiger partial charge in [-0.25, -0.2) is 12.4 Å². The highest BCUT2D eigenvalue weighted by atomic mass is 79.9. The number of halogens is 2. The van der Waals surface area contributed by atoms with Gasteiger partial charge in [0.2, 0.25) is 0 Å². The topological polar surface area (TPSA) is 52.2 Å². The van der Waals surface area contributed by atoms with E-state index in [2.05, 4.69) is 31.9 Å². The summed E-state index contributed by atoms with van der Waals surface area (Å²) in [5, 5.41) is 3.31. The van der Waals surface area contributed by atoms with Crippen LogP contribution in [-0.2, 0) is 10.0 Å². The van der Waals surface area contributed by atoms with Crippen LogP contribution in [0, 0.1) is 6.92 Å². The van der Waals surface area contributed by atoms with Crippen molar-refractivity contribution in [3.63, 3.8) is 0 Å². The monoisotopic (exact) mass is 567 g/mol. The van der Waals surface area contributed by atoms with Gasteiger partial charge in [-0.2, -0.15) is 0 Å². The van der Waals surface area contributed by atoms with Crippen molar-refractivity contribution in [2.75, 3.05) is 0 Å². The van der Waals surface area contributed by atoms with Gasteiger partial charge in [0.05, 0.1) is 21.3 Å². The fourth-order valence-corrected chi connectivity index (χ4v) is 7.04. The molecule has 4 nitrogen and oxygen atoms in total. The molecule has 7 heteroatoms. The Labute approximate surface area is 200 Å². The lowest BCUT2D eigenvalue weighted by Crippen LogP contribution is -2.12. The van der Waals surface area contributed by atoms with E-state index in [1.54, 1.807) is 12.1 Å². The molecule has 0 amide bonds. The minimum atomic E-state index is -3.89. The van der Waals surface area contributed by atoms with Crippen LogP contribution < -0.4 is 0 Å². The Kier molecular flexibility index (Phi) is 4.35. The van der Waals surface area contributed by atoms with E-state index in [9.17, 15) is 8.42 Å². The lowest BCUT2D eigenvalue weighted by atomic mass is 10.1. The lowest BCUT2D eigenvalue weighted by Gasteiger charge is -2.10. The Morgan fingerprint density at radius 2 is 1.41 bits per heavy atom. The standard InChI is InChI=1S/C25H15Br2NO3S/c1-14-8-10-15(11-9-14)32(29,30)28-19-6-2-4-17(26)22(19)16-12-13-21-24(25(16)28)23-18(27)5-3-7-20(23)31-21/h2-13H,1H3. The molecule has 32 heavy (non-hydrogen) atoms. The third kappa shape index (κ3) is 2.68. The molecule has 2 aromatic heterocycles. The van der Waals surface area contributed by atoms with Gasteiger partial charge in [-0.15, -0.1) is 0 Å². The van der Waals surface area contributed by atoms with Gasteiger partial charge in [-0.05, 0) is 55.5 Å². The number of hydrogen-bond donors (Lipinski definition) is 0. The normalized spacial score (nSPS) is 12.5. The van der Waals surface area contributed by atoms with E-state index < -0.39 is 10.0 Å². The Hall–Kier alpha value is -2.61. The molecular weight excluding hydrogens is 554 g/mol. The highest BCUT2D eigenvalue weighted by molar-refractivity contribution is 9.11. The molecule has 0 aliphatic rings. The number of hydrogen-bond acceptors (Lipinski definition) is 3. The van der Waals surface area contributed by atoms with Crippen LogP contribution in [0.5, 0.6) is 0 Å². The molecular formula is C25H15Br2NO3S. The van der Waals surface area contributed by atoms with Crippen molar-refractivity contribution in [2.45, 2.75) is 11.8 Å². The van der Waals surface area contributed by atoms with E-state index in [-0.39, 0.29) is 4.90 Å². The van der Waals surface area contributed by atoms with Crippen molar-refractivity contribution in [2.24, 2.45) is 0 Å². The smallest absolute Gasteiger partial charge is 0.268 e. The van der Waals surface area contributed by atoms with Crippen LogP contribution in [0.2, 0.25) is 0 Å². The molecule has 0 unspecified atom stereocenters. The average Bonchev–Trinajstić information content (AvgIpc) is 3.31. The molecule has 6 rings (SSSR count). The zero-order valence-corrected chi connectivity index (χ0v) is 20.8. The molecule has 0 spiro atoms. The van der Waals surface area contributed by atoms with Gasteiger partial charge in [0.15, 0.2) is 0 Å². The summed E-state index contributed by atoms with van der Waals surface area (Å²) >= 11 is 7.28. The third-order valence-corrected chi connectivity index (χ3v) is 8.88. The summed E-state index contributed by atoms with van der Waals surface area (Å²) in [6.07, 6.45) is 0. The summed E-state index contributed by atoms with van der Waals surface area (Å²) in [5.41, 5.74) is 3.56. The maximum atomic E-state index is 14.0. The molecule has 0 aliphatic heterocycles. The molecule has 2 heterocycles. The molecule has 0 N–H and O–H groups in total. The Bertz CT molecular complexity index is 1810. The third-order valence-electron chi connectivity index (χ3n) is 5.83. The maximum absolute atomic E-state index is 14.0. The fourth-order valence-electron chi connectivity index (χ4n) is 4.40. The molecule has 6 aromatic rings. The molecule has 0 aliphatic carbocycles.